The number of benzene rings is 1. The molecule has 7 heteroatoms. The largest absolute Gasteiger partial charge is 0.345 e. The second-order valence-corrected chi connectivity index (χ2v) is 6.27. The molecule has 0 aromatic heterocycles. The van der Waals surface area contributed by atoms with Crippen LogP contribution in [-0.2, 0) is 9.09 Å². The third-order valence-corrected chi connectivity index (χ3v) is 3.86. The Morgan fingerprint density at radius 1 is 1.30 bits per heavy atom. The van der Waals surface area contributed by atoms with Crippen LogP contribution in [0.1, 0.15) is 27.6 Å². The average molecular weight is 299 g/mol. The third kappa shape index (κ3) is 4.56. The summed E-state index contributed by atoms with van der Waals surface area (Å²) < 4.78 is 16.2. The molecule has 0 aliphatic heterocycles. The zero-order valence-corrected chi connectivity index (χ0v) is 12.6. The van der Waals surface area contributed by atoms with E-state index in [-0.39, 0.29) is 18.1 Å². The zero-order valence-electron chi connectivity index (χ0n) is 11.7. The number of hydrogen-bond donors (Lipinski definition) is 1. The average Bonchev–Trinajstić information content (AvgIpc) is 2.37. The molecule has 0 heterocycles. The van der Waals surface area contributed by atoms with Crippen molar-refractivity contribution in [1.29, 1.82) is 0 Å². The number of rotatable bonds is 6. The first-order valence-electron chi connectivity index (χ1n) is 6.08. The van der Waals surface area contributed by atoms with Crippen molar-refractivity contribution in [3.05, 3.63) is 35.4 Å². The highest BCUT2D eigenvalue weighted by Gasteiger charge is 2.24. The van der Waals surface area contributed by atoms with Crippen LogP contribution in [0, 0.1) is 0 Å². The molecular weight excluding hydrogens is 281 g/mol. The minimum absolute atomic E-state index is 0.0558. The molecule has 1 amide bonds. The Morgan fingerprint density at radius 2 is 1.90 bits per heavy atom. The van der Waals surface area contributed by atoms with Gasteiger partial charge in [-0.2, -0.15) is 0 Å². The van der Waals surface area contributed by atoms with Crippen molar-refractivity contribution >= 4 is 19.3 Å². The normalized spacial score (nSPS) is 13.6. The van der Waals surface area contributed by atoms with Crippen LogP contribution in [0.5, 0.6) is 0 Å². The van der Waals surface area contributed by atoms with E-state index in [1.54, 1.807) is 33.2 Å². The van der Waals surface area contributed by atoms with E-state index < -0.39 is 19.5 Å². The van der Waals surface area contributed by atoms with Crippen molar-refractivity contribution in [1.82, 2.24) is 4.90 Å². The molecule has 0 radical (unpaired) electrons. The Labute approximate surface area is 117 Å². The Kier molecular flexibility index (Phi) is 5.62. The van der Waals surface area contributed by atoms with Crippen LogP contribution >= 0.6 is 7.60 Å². The lowest BCUT2D eigenvalue weighted by atomic mass is 10.1. The van der Waals surface area contributed by atoms with Crippen LogP contribution < -0.4 is 0 Å². The molecule has 0 saturated heterocycles. The van der Waals surface area contributed by atoms with Crippen LogP contribution in [-0.4, -0.2) is 48.3 Å². The van der Waals surface area contributed by atoms with Crippen molar-refractivity contribution in [2.24, 2.45) is 0 Å². The summed E-state index contributed by atoms with van der Waals surface area (Å²) in [6.45, 7) is 1.63. The van der Waals surface area contributed by atoms with Gasteiger partial charge in [0.1, 0.15) is 6.16 Å². The maximum absolute atomic E-state index is 11.9. The predicted octanol–water partition coefficient (Wildman–Crippen LogP) is 1.79. The fourth-order valence-electron chi connectivity index (χ4n) is 1.60. The molecule has 0 spiro atoms. The molecule has 0 bridgehead atoms. The lowest BCUT2D eigenvalue weighted by Crippen LogP contribution is -2.22. The molecule has 20 heavy (non-hydrogen) atoms. The van der Waals surface area contributed by atoms with E-state index in [1.165, 1.54) is 17.0 Å². The summed E-state index contributed by atoms with van der Waals surface area (Å²) in [7, 11) is -0.707. The van der Waals surface area contributed by atoms with E-state index in [4.69, 9.17) is 0 Å². The molecule has 110 valence electrons. The maximum Gasteiger partial charge on any atom is 0.335 e. The zero-order chi connectivity index (χ0) is 15.3. The van der Waals surface area contributed by atoms with Gasteiger partial charge in [-0.1, -0.05) is 12.1 Å². The monoisotopic (exact) mass is 299 g/mol. The number of carbonyl (C=O) groups is 2. The maximum atomic E-state index is 11.9. The lowest BCUT2D eigenvalue weighted by molar-refractivity contribution is 0.0827. The molecule has 6 nitrogen and oxygen atoms in total. The second kappa shape index (κ2) is 6.79. The molecule has 0 aliphatic rings. The molecule has 0 aliphatic carbocycles. The van der Waals surface area contributed by atoms with Gasteiger partial charge in [-0.05, 0) is 19.1 Å². The summed E-state index contributed by atoms with van der Waals surface area (Å²) in [6.07, 6.45) is -0.597. The summed E-state index contributed by atoms with van der Waals surface area (Å²) in [4.78, 5) is 34.6. The van der Waals surface area contributed by atoms with Gasteiger partial charge in [0, 0.05) is 25.2 Å². The van der Waals surface area contributed by atoms with Crippen LogP contribution in [0.25, 0.3) is 0 Å². The summed E-state index contributed by atoms with van der Waals surface area (Å²) >= 11 is 0. The van der Waals surface area contributed by atoms with E-state index >= 15 is 0 Å². The summed E-state index contributed by atoms with van der Waals surface area (Å²) in [5, 5.41) is 0. The van der Waals surface area contributed by atoms with E-state index in [0.29, 0.717) is 5.56 Å². The Hall–Kier alpha value is -1.49. The Balaban J connectivity index is 2.92. The van der Waals surface area contributed by atoms with E-state index in [9.17, 15) is 19.0 Å². The summed E-state index contributed by atoms with van der Waals surface area (Å²) in [6, 6.07) is 6.06. The molecule has 1 unspecified atom stereocenters. The summed E-state index contributed by atoms with van der Waals surface area (Å²) in [5.74, 6) is -0.769. The van der Waals surface area contributed by atoms with E-state index in [0.717, 1.165) is 0 Å². The van der Waals surface area contributed by atoms with Crippen molar-refractivity contribution in [3.8, 4) is 0 Å². The Morgan fingerprint density at radius 3 is 2.45 bits per heavy atom. The first-order chi connectivity index (χ1) is 9.26. The van der Waals surface area contributed by atoms with Gasteiger partial charge in [-0.15, -0.1) is 0 Å². The molecule has 0 saturated carbocycles. The predicted molar refractivity (Wildman–Crippen MR) is 75.1 cm³/mol. The van der Waals surface area contributed by atoms with Crippen molar-refractivity contribution in [2.75, 3.05) is 26.9 Å². The smallest absolute Gasteiger partial charge is 0.335 e. The highest BCUT2D eigenvalue weighted by atomic mass is 31.2. The van der Waals surface area contributed by atoms with Crippen molar-refractivity contribution in [3.63, 3.8) is 0 Å². The number of hydrogen-bond acceptors (Lipinski definition) is 4. The van der Waals surface area contributed by atoms with Gasteiger partial charge in [-0.3, -0.25) is 14.2 Å². The number of ketones is 1. The van der Waals surface area contributed by atoms with Gasteiger partial charge >= 0.3 is 7.60 Å². The molecule has 1 rings (SSSR count). The highest BCUT2D eigenvalue weighted by molar-refractivity contribution is 7.53. The molecular formula is C13H18NO5P. The number of carbonyl (C=O) groups excluding carboxylic acids is 2. The van der Waals surface area contributed by atoms with Gasteiger partial charge in [-0.25, -0.2) is 0 Å². The fraction of sp³-hybridized carbons (Fsp3) is 0.385. The first-order valence-corrected chi connectivity index (χ1v) is 7.84. The van der Waals surface area contributed by atoms with E-state index in [2.05, 4.69) is 4.52 Å². The molecule has 1 aromatic carbocycles. The topological polar surface area (TPSA) is 83.9 Å². The first kappa shape index (κ1) is 16.6. The molecule has 0 fully saturated rings. The minimum Gasteiger partial charge on any atom is -0.345 e. The van der Waals surface area contributed by atoms with Gasteiger partial charge in [0.15, 0.2) is 5.78 Å². The van der Waals surface area contributed by atoms with Crippen LogP contribution in [0.2, 0.25) is 0 Å². The molecule has 1 aromatic rings. The van der Waals surface area contributed by atoms with Crippen LogP contribution in [0.15, 0.2) is 24.3 Å². The number of Topliss-reactive ketones (excluding diaryl/α,β-unsaturated/α-hetero) is 1. The number of nitrogens with zero attached hydrogens (tertiary/aromatic N) is 1. The second-order valence-electron chi connectivity index (χ2n) is 4.42. The van der Waals surface area contributed by atoms with Gasteiger partial charge in [0.2, 0.25) is 0 Å². The van der Waals surface area contributed by atoms with Gasteiger partial charge in [0.05, 0.1) is 6.61 Å². The third-order valence-electron chi connectivity index (χ3n) is 2.51. The number of amides is 1. The lowest BCUT2D eigenvalue weighted by Gasteiger charge is -2.12. The van der Waals surface area contributed by atoms with Crippen LogP contribution in [0.4, 0.5) is 0 Å². The Bertz CT molecular complexity index is 555. The van der Waals surface area contributed by atoms with Gasteiger partial charge < -0.3 is 14.3 Å². The minimum atomic E-state index is -3.92. The fourth-order valence-corrected chi connectivity index (χ4v) is 2.64. The quantitative estimate of drug-likeness (QED) is 0.639. The SMILES string of the molecule is CCOP(=O)(O)CC(=O)c1cccc(C(=O)N(C)C)c1. The van der Waals surface area contributed by atoms with Crippen LogP contribution in [0.3, 0.4) is 0 Å². The standard InChI is InChI=1S/C13H18NO5P/c1-4-19-20(17,18)9-12(15)10-6-5-7-11(8-10)13(16)14(2)3/h5-8H,4,9H2,1-3H3,(H,17,18). The van der Waals surface area contributed by atoms with Gasteiger partial charge in [0.25, 0.3) is 5.91 Å². The molecule has 1 N–H and O–H groups in total. The van der Waals surface area contributed by atoms with E-state index in [1.807, 2.05) is 0 Å². The van der Waals surface area contributed by atoms with Crippen molar-refractivity contribution < 1.29 is 23.6 Å². The highest BCUT2D eigenvalue weighted by Crippen LogP contribution is 2.41. The molecule has 1 atom stereocenters. The van der Waals surface area contributed by atoms with Crippen molar-refractivity contribution in [2.45, 2.75) is 6.92 Å². The summed E-state index contributed by atoms with van der Waals surface area (Å²) in [5.41, 5.74) is 0.566.